The van der Waals surface area contributed by atoms with Crippen molar-refractivity contribution in [3.05, 3.63) is 71.8 Å². The molecule has 2 aliphatic rings. The largest absolute Gasteiger partial charge is 0.480 e. The number of nitrogens with two attached hydrogens (primary N) is 6. The SMILES string of the molecule is CC(C)C[C@@H](NC(=O)[C@H](CC(=O)[C@H](N)CC(C)(C)C)Cc1ccccc1)C(=O)C[C@H](CCCCN)C(=O)N1CCC(N)(C(=O)O)CC1.CC(C)C[C@@H](NC(=O)[C@H](CC(=O)[C@H](N)CC(C)(C)C)Cc1ccccc1)C(=O)C[C@H](CCCCN)C(=O)N1CCC(N)(C(=O)O)CC1. The first kappa shape index (κ1) is 81.9. The van der Waals surface area contributed by atoms with Gasteiger partial charge in [0.05, 0.1) is 24.2 Å². The van der Waals surface area contributed by atoms with E-state index in [1.54, 1.807) is 9.80 Å². The highest BCUT2D eigenvalue weighted by molar-refractivity contribution is 5.96. The molecule has 94 heavy (non-hydrogen) atoms. The first-order valence-electron chi connectivity index (χ1n) is 34.2. The van der Waals surface area contributed by atoms with Gasteiger partial charge in [0.1, 0.15) is 22.6 Å². The number of aliphatic carboxylic acids is 2. The topological polar surface area (TPSA) is 398 Å². The number of benzene rings is 2. The summed E-state index contributed by atoms with van der Waals surface area (Å²) in [4.78, 5) is 136. The average Bonchev–Trinajstić information content (AvgIpc) is 0.844. The fourth-order valence-corrected chi connectivity index (χ4v) is 12.4. The van der Waals surface area contributed by atoms with E-state index >= 15 is 0 Å². The van der Waals surface area contributed by atoms with Crippen molar-refractivity contribution in [3.8, 4) is 0 Å². The van der Waals surface area contributed by atoms with E-state index in [2.05, 4.69) is 10.6 Å². The molecule has 0 aliphatic carbocycles. The number of Topliss-reactive ketones (excluding diaryl/α,β-unsaturated/α-hetero) is 4. The Bertz CT molecular complexity index is 2570. The molecule has 0 unspecified atom stereocenters. The molecule has 22 heteroatoms. The zero-order chi connectivity index (χ0) is 70.7. The molecule has 0 saturated carbocycles. The Hall–Kier alpha value is -6.30. The van der Waals surface area contributed by atoms with Crippen molar-refractivity contribution in [2.75, 3.05) is 39.3 Å². The maximum atomic E-state index is 13.9. The summed E-state index contributed by atoms with van der Waals surface area (Å²) in [6, 6.07) is 15.8. The Labute approximate surface area is 559 Å². The van der Waals surface area contributed by atoms with Gasteiger partial charge in [0.15, 0.2) is 11.6 Å². The van der Waals surface area contributed by atoms with Crippen molar-refractivity contribution in [3.63, 3.8) is 0 Å². The van der Waals surface area contributed by atoms with Crippen molar-refractivity contribution in [2.24, 2.45) is 80.7 Å². The van der Waals surface area contributed by atoms with Crippen LogP contribution in [0.25, 0.3) is 0 Å². The molecule has 0 radical (unpaired) electrons. The van der Waals surface area contributed by atoms with Crippen molar-refractivity contribution >= 4 is 58.7 Å². The molecule has 2 aromatic rings. The van der Waals surface area contributed by atoms with Gasteiger partial charge < -0.3 is 65.0 Å². The second-order valence-electron chi connectivity index (χ2n) is 30.1. The Morgan fingerprint density at radius 2 is 0.777 bits per heavy atom. The molecule has 2 aromatic carbocycles. The normalized spacial score (nSPS) is 17.4. The zero-order valence-electron chi connectivity index (χ0n) is 58.3. The van der Waals surface area contributed by atoms with Crippen LogP contribution in [-0.2, 0) is 60.8 Å². The molecule has 4 amide bonds. The third-order valence-corrected chi connectivity index (χ3v) is 18.0. The minimum absolute atomic E-state index is 0.0469. The number of rotatable bonds is 38. The molecule has 16 N–H and O–H groups in total. The minimum Gasteiger partial charge on any atom is -0.480 e. The number of nitrogens with zero attached hydrogens (tertiary/aromatic N) is 2. The van der Waals surface area contributed by atoms with E-state index in [0.29, 0.717) is 90.1 Å². The molecule has 2 heterocycles. The summed E-state index contributed by atoms with van der Waals surface area (Å²) < 4.78 is 0. The molecular weight excluding hydrogens is 1200 g/mol. The van der Waals surface area contributed by atoms with E-state index in [0.717, 1.165) is 11.1 Å². The highest BCUT2D eigenvalue weighted by Gasteiger charge is 2.43. The lowest BCUT2D eigenvalue weighted by Gasteiger charge is -2.38. The number of likely N-dealkylation sites (tertiary alicyclic amines) is 2. The number of carboxylic acid groups (broad SMARTS) is 2. The van der Waals surface area contributed by atoms with Gasteiger partial charge in [-0.3, -0.25) is 47.9 Å². The molecule has 0 bridgehead atoms. The number of nitrogens with one attached hydrogen (secondary N) is 2. The summed E-state index contributed by atoms with van der Waals surface area (Å²) in [5, 5.41) is 24.9. The molecule has 2 fully saturated rings. The molecule has 2 aliphatic heterocycles. The Balaban J connectivity index is 0.000000490. The molecular formula is C72H118N10O12. The molecule has 22 nitrogen and oxygen atoms in total. The highest BCUT2D eigenvalue weighted by atomic mass is 16.4. The summed E-state index contributed by atoms with van der Waals surface area (Å²) >= 11 is 0. The smallest absolute Gasteiger partial charge is 0.323 e. The van der Waals surface area contributed by atoms with Crippen LogP contribution in [0.2, 0.25) is 0 Å². The molecule has 0 aromatic heterocycles. The third kappa shape index (κ3) is 29.0. The lowest BCUT2D eigenvalue weighted by Crippen LogP contribution is -2.57. The van der Waals surface area contributed by atoms with Crippen LogP contribution in [0.4, 0.5) is 0 Å². The van der Waals surface area contributed by atoms with E-state index in [-0.39, 0.29) is 147 Å². The zero-order valence-corrected chi connectivity index (χ0v) is 58.3. The molecule has 8 atom stereocenters. The van der Waals surface area contributed by atoms with Crippen molar-refractivity contribution in [1.29, 1.82) is 0 Å². The Morgan fingerprint density at radius 1 is 0.479 bits per heavy atom. The quantitative estimate of drug-likeness (QED) is 0.0324. The number of unbranched alkanes of at least 4 members (excludes halogenated alkanes) is 2. The fourth-order valence-electron chi connectivity index (χ4n) is 12.4. The number of hydrogen-bond donors (Lipinski definition) is 10. The standard InChI is InChI=1S/2C36H59N5O6/c2*1-24(2)19-29(31(43)21-26(13-9-10-16-37)33(45)41-17-14-36(39,15-18-41)34(46)47)40-32(44)27(20-25-11-7-6-8-12-25)22-30(42)28(38)23-35(3,4)5/h2*6-8,11-12,24,26-29H,9-10,13-23,37-39H2,1-5H3,(H,40,44)(H,46,47)/t2*26-,27-,28+,29+/m00/s1. The van der Waals surface area contributed by atoms with E-state index in [9.17, 15) is 58.2 Å². The molecule has 2 saturated heterocycles. The van der Waals surface area contributed by atoms with Gasteiger partial charge >= 0.3 is 11.9 Å². The maximum absolute atomic E-state index is 13.9. The fraction of sp³-hybridized carbons (Fsp3) is 0.694. The number of ketones is 4. The first-order chi connectivity index (χ1) is 43.9. The van der Waals surface area contributed by atoms with Gasteiger partial charge in [-0.1, -0.05) is 143 Å². The van der Waals surface area contributed by atoms with Crippen LogP contribution >= 0.6 is 0 Å². The van der Waals surface area contributed by atoms with Crippen LogP contribution in [-0.4, -0.2) is 153 Å². The number of carboxylic acids is 2. The summed E-state index contributed by atoms with van der Waals surface area (Å²) in [6.07, 6.45) is 6.25. The second-order valence-corrected chi connectivity index (χ2v) is 30.1. The van der Waals surface area contributed by atoms with Crippen LogP contribution in [0.3, 0.4) is 0 Å². The molecule has 0 spiro atoms. The number of amides is 4. The maximum Gasteiger partial charge on any atom is 0.323 e. The van der Waals surface area contributed by atoms with Gasteiger partial charge in [0, 0.05) is 75.5 Å². The van der Waals surface area contributed by atoms with E-state index < -0.39 is 70.9 Å². The molecule has 4 rings (SSSR count). The van der Waals surface area contributed by atoms with Crippen molar-refractivity contribution in [1.82, 2.24) is 20.4 Å². The van der Waals surface area contributed by atoms with Crippen LogP contribution in [0.1, 0.15) is 196 Å². The molecule has 528 valence electrons. The number of piperidine rings is 2. The average molecular weight is 1320 g/mol. The van der Waals surface area contributed by atoms with Gasteiger partial charge in [-0.15, -0.1) is 0 Å². The van der Waals surface area contributed by atoms with E-state index in [1.165, 1.54) is 0 Å². The predicted octanol–water partition coefficient (Wildman–Crippen LogP) is 6.42. The van der Waals surface area contributed by atoms with Crippen molar-refractivity contribution in [2.45, 2.75) is 233 Å². The summed E-state index contributed by atoms with van der Waals surface area (Å²) in [5.41, 5.74) is 34.7. The summed E-state index contributed by atoms with van der Waals surface area (Å²) in [5.74, 6) is -6.83. The van der Waals surface area contributed by atoms with Crippen LogP contribution in [0.15, 0.2) is 60.7 Å². The van der Waals surface area contributed by atoms with Crippen LogP contribution < -0.4 is 45.0 Å². The second kappa shape index (κ2) is 39.0. The lowest BCUT2D eigenvalue weighted by atomic mass is 9.83. The summed E-state index contributed by atoms with van der Waals surface area (Å²) in [6.45, 7) is 21.6. The van der Waals surface area contributed by atoms with Gasteiger partial charge in [0.2, 0.25) is 23.6 Å². The Morgan fingerprint density at radius 3 is 1.04 bits per heavy atom. The van der Waals surface area contributed by atoms with Gasteiger partial charge in [0.25, 0.3) is 0 Å². The number of carbonyl (C=O) groups is 10. The van der Waals surface area contributed by atoms with E-state index in [4.69, 9.17) is 34.4 Å². The monoisotopic (exact) mass is 1310 g/mol. The highest BCUT2D eigenvalue weighted by Crippen LogP contribution is 2.30. The van der Waals surface area contributed by atoms with Gasteiger partial charge in [-0.05, 0) is 137 Å². The summed E-state index contributed by atoms with van der Waals surface area (Å²) in [7, 11) is 0. The minimum atomic E-state index is -1.37. The van der Waals surface area contributed by atoms with Crippen LogP contribution in [0.5, 0.6) is 0 Å². The predicted molar refractivity (Wildman–Crippen MR) is 366 cm³/mol. The first-order valence-corrected chi connectivity index (χ1v) is 34.2. The van der Waals surface area contributed by atoms with Crippen LogP contribution in [0, 0.1) is 46.3 Å². The third-order valence-electron chi connectivity index (χ3n) is 18.0. The lowest BCUT2D eigenvalue weighted by molar-refractivity contribution is -0.149. The number of hydrogen-bond acceptors (Lipinski definition) is 16. The Kier molecular flexibility index (Phi) is 34.0. The van der Waals surface area contributed by atoms with Gasteiger partial charge in [-0.25, -0.2) is 0 Å². The van der Waals surface area contributed by atoms with Gasteiger partial charge in [-0.2, -0.15) is 0 Å². The van der Waals surface area contributed by atoms with Crippen molar-refractivity contribution < 1.29 is 58.2 Å². The van der Waals surface area contributed by atoms with E-state index in [1.807, 2.05) is 130 Å². The number of carbonyl (C=O) groups excluding carboxylic acids is 8.